The number of nitrogens with zero attached hydrogens (tertiary/aromatic N) is 2. The van der Waals surface area contributed by atoms with E-state index >= 15 is 0 Å². The summed E-state index contributed by atoms with van der Waals surface area (Å²) in [5.41, 5.74) is 7.92. The highest BCUT2D eigenvalue weighted by Crippen LogP contribution is 2.27. The summed E-state index contributed by atoms with van der Waals surface area (Å²) in [6, 6.07) is 10.3. The monoisotopic (exact) mass is 520 g/mol. The normalized spacial score (nSPS) is 14.4. The van der Waals surface area contributed by atoms with Crippen molar-refractivity contribution in [2.24, 2.45) is 10.7 Å². The lowest BCUT2D eigenvalue weighted by Gasteiger charge is -2.29. The topological polar surface area (TPSA) is 72.1 Å². The Morgan fingerprint density at radius 3 is 2.68 bits per heavy atom. The van der Waals surface area contributed by atoms with Crippen LogP contribution in [0.4, 0.5) is 15.8 Å². The number of ether oxygens (including phenoxy) is 2. The number of nitrogens with one attached hydrogen (secondary N) is 1. The number of aliphatic imine (C=N–C) groups is 1. The third-order valence-electron chi connectivity index (χ3n) is 4.22. The van der Waals surface area contributed by atoms with Gasteiger partial charge in [-0.3, -0.25) is 0 Å². The minimum absolute atomic E-state index is 0. The fourth-order valence-electron chi connectivity index (χ4n) is 2.82. The molecule has 2 aromatic rings. The van der Waals surface area contributed by atoms with E-state index in [1.54, 1.807) is 31.4 Å². The van der Waals surface area contributed by atoms with E-state index in [4.69, 9.17) is 26.8 Å². The first-order chi connectivity index (χ1) is 13.1. The Balaban J connectivity index is 0.00000280. The molecular formula is C19H23ClFIN4O2. The van der Waals surface area contributed by atoms with Crippen LogP contribution in [0.15, 0.2) is 41.4 Å². The van der Waals surface area contributed by atoms with Gasteiger partial charge >= 0.3 is 0 Å². The lowest BCUT2D eigenvalue weighted by atomic mass is 10.1. The van der Waals surface area contributed by atoms with Gasteiger partial charge in [0.25, 0.3) is 0 Å². The molecule has 3 rings (SSSR count). The van der Waals surface area contributed by atoms with E-state index in [0.29, 0.717) is 48.5 Å². The summed E-state index contributed by atoms with van der Waals surface area (Å²) in [6.07, 6.45) is 0. The van der Waals surface area contributed by atoms with Gasteiger partial charge in [-0.25, -0.2) is 9.38 Å². The van der Waals surface area contributed by atoms with Crippen LogP contribution in [0.1, 0.15) is 5.56 Å². The van der Waals surface area contributed by atoms with E-state index < -0.39 is 0 Å². The highest BCUT2D eigenvalue weighted by Gasteiger charge is 2.15. The number of halogens is 3. The van der Waals surface area contributed by atoms with Gasteiger partial charge in [-0.1, -0.05) is 17.7 Å². The van der Waals surface area contributed by atoms with Crippen LogP contribution >= 0.6 is 35.6 Å². The van der Waals surface area contributed by atoms with Crippen LogP contribution < -0.4 is 20.7 Å². The number of benzene rings is 2. The molecule has 0 radical (unpaired) electrons. The molecule has 2 aromatic carbocycles. The van der Waals surface area contributed by atoms with Gasteiger partial charge in [-0.15, -0.1) is 24.0 Å². The molecular weight excluding hydrogens is 498 g/mol. The first-order valence-electron chi connectivity index (χ1n) is 8.58. The Labute approximate surface area is 185 Å². The number of guanidine groups is 1. The maximum atomic E-state index is 14.4. The lowest BCUT2D eigenvalue weighted by molar-refractivity contribution is 0.122. The van der Waals surface area contributed by atoms with Crippen LogP contribution in [0.2, 0.25) is 5.02 Å². The number of nitrogens with two attached hydrogens (primary N) is 1. The minimum atomic E-state index is -0.266. The maximum Gasteiger partial charge on any atom is 0.193 e. The van der Waals surface area contributed by atoms with E-state index in [0.717, 1.165) is 5.56 Å². The van der Waals surface area contributed by atoms with Crippen LogP contribution in [-0.4, -0.2) is 39.4 Å². The van der Waals surface area contributed by atoms with Crippen molar-refractivity contribution < 1.29 is 13.9 Å². The van der Waals surface area contributed by atoms with Crippen molar-refractivity contribution in [3.63, 3.8) is 0 Å². The zero-order valence-corrected chi connectivity index (χ0v) is 18.5. The van der Waals surface area contributed by atoms with Gasteiger partial charge in [0.15, 0.2) is 5.96 Å². The van der Waals surface area contributed by atoms with E-state index in [-0.39, 0.29) is 42.3 Å². The standard InChI is InChI=1S/C19H22ClFN4O2.HI/c1-26-18-5-3-14(11-15(18)20)24-19(22)23-12-13-2-4-17(16(21)10-13)25-6-8-27-9-7-25;/h2-5,10-11H,6-9,12H2,1H3,(H3,22,23,24);1H. The number of anilines is 2. The zero-order valence-electron chi connectivity index (χ0n) is 15.5. The molecule has 0 bridgehead atoms. The number of hydrogen-bond donors (Lipinski definition) is 2. The molecule has 1 heterocycles. The second-order valence-corrected chi connectivity index (χ2v) is 6.47. The maximum absolute atomic E-state index is 14.4. The average Bonchev–Trinajstić information content (AvgIpc) is 2.67. The van der Waals surface area contributed by atoms with Gasteiger partial charge in [-0.05, 0) is 35.9 Å². The number of methoxy groups -OCH3 is 1. The first-order valence-corrected chi connectivity index (χ1v) is 8.96. The summed E-state index contributed by atoms with van der Waals surface area (Å²) in [6.45, 7) is 2.88. The Hall–Kier alpha value is -1.78. The molecule has 1 aliphatic rings. The molecule has 28 heavy (non-hydrogen) atoms. The third kappa shape index (κ3) is 5.86. The summed E-state index contributed by atoms with van der Waals surface area (Å²) in [4.78, 5) is 6.24. The summed E-state index contributed by atoms with van der Waals surface area (Å²) in [5.74, 6) is 0.528. The second kappa shape index (κ2) is 10.7. The Kier molecular flexibility index (Phi) is 8.58. The molecule has 0 saturated carbocycles. The van der Waals surface area contributed by atoms with E-state index in [1.165, 1.54) is 6.07 Å². The quantitative estimate of drug-likeness (QED) is 0.356. The predicted molar refractivity (Wildman–Crippen MR) is 122 cm³/mol. The van der Waals surface area contributed by atoms with Gasteiger partial charge in [-0.2, -0.15) is 0 Å². The Morgan fingerprint density at radius 1 is 1.29 bits per heavy atom. The van der Waals surface area contributed by atoms with E-state index in [1.807, 2.05) is 11.0 Å². The SMILES string of the molecule is COc1ccc(NC(N)=NCc2ccc(N3CCOCC3)c(F)c2)cc1Cl.I. The molecule has 1 fully saturated rings. The van der Waals surface area contributed by atoms with Gasteiger partial charge in [0.05, 0.1) is 37.6 Å². The molecule has 0 aliphatic carbocycles. The van der Waals surface area contributed by atoms with Crippen molar-refractivity contribution in [2.45, 2.75) is 6.54 Å². The molecule has 6 nitrogen and oxygen atoms in total. The molecule has 1 aliphatic heterocycles. The fraction of sp³-hybridized carbons (Fsp3) is 0.316. The van der Waals surface area contributed by atoms with Crippen LogP contribution in [-0.2, 0) is 11.3 Å². The zero-order chi connectivity index (χ0) is 19.2. The Morgan fingerprint density at radius 2 is 2.04 bits per heavy atom. The van der Waals surface area contributed by atoms with Gasteiger partial charge in [0, 0.05) is 18.8 Å². The summed E-state index contributed by atoms with van der Waals surface area (Å²) in [7, 11) is 1.55. The molecule has 152 valence electrons. The molecule has 0 atom stereocenters. The molecule has 3 N–H and O–H groups in total. The smallest absolute Gasteiger partial charge is 0.193 e. The molecule has 1 saturated heterocycles. The molecule has 0 spiro atoms. The van der Waals surface area contributed by atoms with Crippen molar-refractivity contribution in [1.29, 1.82) is 0 Å². The van der Waals surface area contributed by atoms with Crippen LogP contribution in [0, 0.1) is 5.82 Å². The second-order valence-electron chi connectivity index (χ2n) is 6.06. The van der Waals surface area contributed by atoms with Gasteiger partial charge in [0.1, 0.15) is 11.6 Å². The van der Waals surface area contributed by atoms with Crippen LogP contribution in [0.5, 0.6) is 5.75 Å². The van der Waals surface area contributed by atoms with Crippen LogP contribution in [0.3, 0.4) is 0 Å². The summed E-state index contributed by atoms with van der Waals surface area (Å²) >= 11 is 6.08. The average molecular weight is 521 g/mol. The lowest BCUT2D eigenvalue weighted by Crippen LogP contribution is -2.36. The van der Waals surface area contributed by atoms with Gasteiger partial charge in [0.2, 0.25) is 0 Å². The summed E-state index contributed by atoms with van der Waals surface area (Å²) < 4.78 is 24.8. The minimum Gasteiger partial charge on any atom is -0.495 e. The van der Waals surface area contributed by atoms with Crippen molar-refractivity contribution in [2.75, 3.05) is 43.6 Å². The van der Waals surface area contributed by atoms with Crippen molar-refractivity contribution in [3.05, 3.63) is 52.8 Å². The molecule has 0 amide bonds. The summed E-state index contributed by atoms with van der Waals surface area (Å²) in [5, 5.41) is 3.42. The molecule has 0 unspecified atom stereocenters. The van der Waals surface area contributed by atoms with E-state index in [9.17, 15) is 4.39 Å². The third-order valence-corrected chi connectivity index (χ3v) is 4.52. The van der Waals surface area contributed by atoms with Crippen molar-refractivity contribution >= 4 is 52.9 Å². The number of rotatable bonds is 5. The van der Waals surface area contributed by atoms with E-state index in [2.05, 4.69) is 10.3 Å². The van der Waals surface area contributed by atoms with Crippen LogP contribution in [0.25, 0.3) is 0 Å². The highest BCUT2D eigenvalue weighted by molar-refractivity contribution is 14.0. The highest BCUT2D eigenvalue weighted by atomic mass is 127. The van der Waals surface area contributed by atoms with Crippen molar-refractivity contribution in [1.82, 2.24) is 0 Å². The Bertz CT molecular complexity index is 832. The molecule has 9 heteroatoms. The molecule has 0 aromatic heterocycles. The largest absolute Gasteiger partial charge is 0.495 e. The fourth-order valence-corrected chi connectivity index (χ4v) is 3.08. The first kappa shape index (κ1) is 22.5. The van der Waals surface area contributed by atoms with Crippen molar-refractivity contribution in [3.8, 4) is 5.75 Å². The van der Waals surface area contributed by atoms with Gasteiger partial charge < -0.3 is 25.4 Å². The predicted octanol–water partition coefficient (Wildman–Crippen LogP) is 3.87. The number of hydrogen-bond acceptors (Lipinski definition) is 4. The number of morpholine rings is 1.